The zero-order valence-electron chi connectivity index (χ0n) is 20.0. The fourth-order valence-corrected chi connectivity index (χ4v) is 8.27. The van der Waals surface area contributed by atoms with Crippen molar-refractivity contribution in [2.75, 3.05) is 0 Å². The Morgan fingerprint density at radius 3 is 2.14 bits per heavy atom. The molecule has 4 nitrogen and oxygen atoms in total. The molecule has 37 heavy (non-hydrogen) atoms. The van der Waals surface area contributed by atoms with E-state index in [1.807, 2.05) is 18.2 Å². The van der Waals surface area contributed by atoms with Gasteiger partial charge in [-0.25, -0.2) is 9.97 Å². The minimum absolute atomic E-state index is 0.915. The van der Waals surface area contributed by atoms with E-state index in [0.29, 0.717) is 0 Å². The highest BCUT2D eigenvalue weighted by Crippen LogP contribution is 2.37. The molecule has 0 saturated carbocycles. The van der Waals surface area contributed by atoms with Crippen LogP contribution in [0.3, 0.4) is 0 Å². The van der Waals surface area contributed by atoms with E-state index in [1.54, 1.807) is 5.17 Å². The Bertz CT molecular complexity index is 1970. The summed E-state index contributed by atoms with van der Waals surface area (Å²) in [4.78, 5) is 16.8. The van der Waals surface area contributed by atoms with E-state index in [2.05, 4.69) is 101 Å². The second kappa shape index (κ2) is 7.95. The Kier molecular flexibility index (Phi) is 4.42. The average molecular weight is 491 g/mol. The normalized spacial score (nSPS) is 13.1. The van der Waals surface area contributed by atoms with Gasteiger partial charge in [0, 0.05) is 22.1 Å². The van der Waals surface area contributed by atoms with E-state index >= 15 is 0 Å². The Labute approximate surface area is 215 Å². The van der Waals surface area contributed by atoms with Crippen LogP contribution >= 0.6 is 0 Å². The van der Waals surface area contributed by atoms with Crippen LogP contribution in [0.15, 0.2) is 84.5 Å². The standard InChI is InChI=1S/C32H22N4Si/c1-2-5-28-20(4-1)14-31-29(28)6-3-13-37(31)32-19-27-17-25-10-9-23(34-25)15-21-7-8-22(33-21)16-24-11-12-26(35-24)18-30(32)36-27/h1-13,15-19,34,36H,14H2. The number of aromatic nitrogens is 4. The predicted molar refractivity (Wildman–Crippen MR) is 154 cm³/mol. The number of nitrogens with one attached hydrogen (secondary N) is 2. The molecule has 174 valence electrons. The van der Waals surface area contributed by atoms with Gasteiger partial charge in [-0.15, -0.1) is 0 Å². The van der Waals surface area contributed by atoms with Crippen LogP contribution in [0.4, 0.5) is 0 Å². The molecular weight excluding hydrogens is 468 g/mol. The molecule has 3 aliphatic rings. The Morgan fingerprint density at radius 1 is 0.595 bits per heavy atom. The van der Waals surface area contributed by atoms with E-state index in [1.165, 1.54) is 21.9 Å². The smallest absolute Gasteiger partial charge is 0.0796 e. The van der Waals surface area contributed by atoms with Gasteiger partial charge in [-0.2, -0.15) is 0 Å². The number of hydrogen-bond acceptors (Lipinski definition) is 2. The van der Waals surface area contributed by atoms with Gasteiger partial charge >= 0.3 is 0 Å². The molecular formula is C32H22N4Si. The molecule has 0 unspecified atom stereocenters. The molecule has 0 fully saturated rings. The van der Waals surface area contributed by atoms with Crippen molar-refractivity contribution in [3.05, 3.63) is 118 Å². The Balaban J connectivity index is 1.41. The summed E-state index contributed by atoms with van der Waals surface area (Å²) in [7, 11) is -1.08. The molecule has 8 bridgehead atoms. The lowest BCUT2D eigenvalue weighted by molar-refractivity contribution is 1.28. The molecule has 0 saturated heterocycles. The fourth-order valence-electron chi connectivity index (χ4n) is 5.65. The van der Waals surface area contributed by atoms with Gasteiger partial charge in [0.05, 0.1) is 31.2 Å². The number of aromatic amines is 2. The van der Waals surface area contributed by atoms with Crippen LogP contribution in [0, 0.1) is 0 Å². The topological polar surface area (TPSA) is 57.4 Å². The Hall–Kier alpha value is -4.61. The molecule has 0 atom stereocenters. The molecule has 4 aromatic heterocycles. The van der Waals surface area contributed by atoms with Crippen molar-refractivity contribution in [3.63, 3.8) is 0 Å². The van der Waals surface area contributed by atoms with Crippen LogP contribution in [-0.4, -0.2) is 28.3 Å². The summed E-state index contributed by atoms with van der Waals surface area (Å²) in [6.45, 7) is 0. The molecule has 2 N–H and O–H groups in total. The Morgan fingerprint density at radius 2 is 1.30 bits per heavy atom. The molecule has 8 rings (SSSR count). The first kappa shape index (κ1) is 20.6. The largest absolute Gasteiger partial charge is 0.355 e. The number of nitrogens with zero attached hydrogens (tertiary/aromatic N) is 2. The summed E-state index contributed by atoms with van der Waals surface area (Å²) in [6, 6.07) is 28.4. The third-order valence-electron chi connectivity index (χ3n) is 7.31. The highest BCUT2D eigenvalue weighted by atomic mass is 28.2. The zero-order chi connectivity index (χ0) is 24.3. The van der Waals surface area contributed by atoms with Gasteiger partial charge in [-0.3, -0.25) is 0 Å². The molecule has 6 heterocycles. The minimum atomic E-state index is -1.08. The van der Waals surface area contributed by atoms with Gasteiger partial charge in [0.2, 0.25) is 0 Å². The van der Waals surface area contributed by atoms with Crippen LogP contribution in [0.1, 0.15) is 33.5 Å². The maximum Gasteiger partial charge on any atom is 0.0796 e. The summed E-state index contributed by atoms with van der Waals surface area (Å²) in [5.74, 6) is 0. The maximum atomic E-state index is 4.88. The van der Waals surface area contributed by atoms with E-state index in [-0.39, 0.29) is 0 Å². The van der Waals surface area contributed by atoms with Crippen molar-refractivity contribution < 1.29 is 0 Å². The second-order valence-electron chi connectivity index (χ2n) is 9.75. The molecule has 0 amide bonds. The van der Waals surface area contributed by atoms with Crippen molar-refractivity contribution in [2.24, 2.45) is 0 Å². The van der Waals surface area contributed by atoms with Crippen LogP contribution in [-0.2, 0) is 6.42 Å². The van der Waals surface area contributed by atoms with Crippen LogP contribution in [0.25, 0.3) is 62.7 Å². The van der Waals surface area contributed by atoms with Gasteiger partial charge in [0.25, 0.3) is 0 Å². The summed E-state index contributed by atoms with van der Waals surface area (Å²) < 4.78 is 0. The molecule has 5 heteroatoms. The lowest BCUT2D eigenvalue weighted by Crippen LogP contribution is -2.03. The summed E-state index contributed by atoms with van der Waals surface area (Å²) in [6.07, 6.45) is 9.25. The predicted octanol–water partition coefficient (Wildman–Crippen LogP) is 7.24. The molecule has 0 radical (unpaired) electrons. The monoisotopic (exact) mass is 490 g/mol. The minimum Gasteiger partial charge on any atom is -0.355 e. The van der Waals surface area contributed by atoms with E-state index < -0.39 is 8.40 Å². The average Bonchev–Trinajstić information content (AvgIpc) is 3.72. The molecule has 1 aliphatic carbocycles. The van der Waals surface area contributed by atoms with Gasteiger partial charge in [-0.1, -0.05) is 42.1 Å². The van der Waals surface area contributed by atoms with Crippen LogP contribution < -0.4 is 0 Å². The number of rotatable bonds is 1. The van der Waals surface area contributed by atoms with Crippen molar-refractivity contribution in [1.29, 1.82) is 0 Å². The lowest BCUT2D eigenvalue weighted by Gasteiger charge is -2.07. The molecule has 1 aromatic carbocycles. The number of H-pyrrole nitrogens is 2. The van der Waals surface area contributed by atoms with Crippen molar-refractivity contribution >= 4 is 54.8 Å². The first-order valence-electron chi connectivity index (χ1n) is 12.5. The lowest BCUT2D eigenvalue weighted by atomic mass is 10.1. The summed E-state index contributed by atoms with van der Waals surface area (Å²) in [5, 5.41) is 2.94. The van der Waals surface area contributed by atoms with E-state index in [4.69, 9.17) is 9.97 Å². The third kappa shape index (κ3) is 3.55. The molecule has 0 spiro atoms. The SMILES string of the molecule is C1=Cc2cc3ccc(cc4cc(-[si]5cccc6c5Cc5ccccc5-6)c(cc5nc(cc1n2)C=C5)[nH]4)[nH]3. The highest BCUT2D eigenvalue weighted by molar-refractivity contribution is 6.69. The quantitative estimate of drug-likeness (QED) is 0.238. The van der Waals surface area contributed by atoms with Crippen LogP contribution in [0.2, 0.25) is 0 Å². The van der Waals surface area contributed by atoms with Gasteiger partial charge in [0.1, 0.15) is 0 Å². The number of hydrogen-bond donors (Lipinski definition) is 2. The number of benzene rings is 1. The maximum absolute atomic E-state index is 4.88. The van der Waals surface area contributed by atoms with Gasteiger partial charge in [-0.05, 0) is 100 Å². The van der Waals surface area contributed by atoms with Gasteiger partial charge < -0.3 is 9.97 Å². The van der Waals surface area contributed by atoms with Crippen molar-refractivity contribution in [3.8, 4) is 16.3 Å². The highest BCUT2D eigenvalue weighted by Gasteiger charge is 2.22. The van der Waals surface area contributed by atoms with Crippen molar-refractivity contribution in [1.82, 2.24) is 19.9 Å². The first-order chi connectivity index (χ1) is 18.2. The second-order valence-corrected chi connectivity index (χ2v) is 12.1. The van der Waals surface area contributed by atoms with E-state index in [9.17, 15) is 0 Å². The third-order valence-corrected chi connectivity index (χ3v) is 9.93. The van der Waals surface area contributed by atoms with E-state index in [0.717, 1.165) is 51.3 Å². The zero-order valence-corrected chi connectivity index (χ0v) is 21.0. The van der Waals surface area contributed by atoms with Gasteiger partial charge in [0.15, 0.2) is 0 Å². The van der Waals surface area contributed by atoms with Crippen molar-refractivity contribution in [2.45, 2.75) is 6.42 Å². The van der Waals surface area contributed by atoms with Crippen LogP contribution in [0.5, 0.6) is 0 Å². The number of fused-ring (bicyclic) bond motifs is 11. The first-order valence-corrected chi connectivity index (χ1v) is 14.1. The molecule has 5 aromatic rings. The fraction of sp³-hybridized carbons (Fsp3) is 0.0312. The molecule has 2 aliphatic heterocycles. The summed E-state index contributed by atoms with van der Waals surface area (Å²) >= 11 is 0. The summed E-state index contributed by atoms with van der Waals surface area (Å²) in [5.41, 5.74) is 14.7.